The normalized spacial score (nSPS) is 19.6. The number of aromatic amines is 1. The first-order chi connectivity index (χ1) is 9.65. The predicted molar refractivity (Wildman–Crippen MR) is 76.3 cm³/mol. The number of rotatable bonds is 4. The molecule has 3 N–H and O–H groups in total. The molecule has 20 heavy (non-hydrogen) atoms. The Morgan fingerprint density at radius 2 is 2.50 bits per heavy atom. The second-order valence-electron chi connectivity index (χ2n) is 5.05. The summed E-state index contributed by atoms with van der Waals surface area (Å²) in [5, 5.41) is 10.1. The van der Waals surface area contributed by atoms with Crippen molar-refractivity contribution in [3.8, 4) is 0 Å². The molecule has 0 unspecified atom stereocenters. The molecule has 6 nitrogen and oxygen atoms in total. The van der Waals surface area contributed by atoms with Crippen LogP contribution in [0.3, 0.4) is 0 Å². The highest BCUT2D eigenvalue weighted by Gasteiger charge is 2.30. The molecule has 3 heterocycles. The number of H-pyrrole nitrogens is 1. The van der Waals surface area contributed by atoms with Gasteiger partial charge in [0.1, 0.15) is 0 Å². The van der Waals surface area contributed by atoms with E-state index in [1.54, 1.807) is 11.3 Å². The molecule has 2 aromatic rings. The van der Waals surface area contributed by atoms with E-state index in [2.05, 4.69) is 25.5 Å². The monoisotopic (exact) mass is 291 g/mol. The van der Waals surface area contributed by atoms with Gasteiger partial charge in [0.25, 0.3) is 5.91 Å². The molecule has 1 fully saturated rings. The topological polar surface area (TPSA) is 87.9 Å². The van der Waals surface area contributed by atoms with E-state index in [1.165, 1.54) is 6.20 Å². The molecule has 106 valence electrons. The number of hydrogen-bond donors (Lipinski definition) is 2. The number of thiazole rings is 1. The molecule has 7 heteroatoms. The highest BCUT2D eigenvalue weighted by Crippen LogP contribution is 2.33. The van der Waals surface area contributed by atoms with Crippen LogP contribution in [0.1, 0.15) is 45.6 Å². The fourth-order valence-electron chi connectivity index (χ4n) is 2.78. The van der Waals surface area contributed by atoms with Gasteiger partial charge in [-0.15, -0.1) is 11.3 Å². The first kappa shape index (κ1) is 13.3. The van der Waals surface area contributed by atoms with Gasteiger partial charge in [-0.05, 0) is 26.3 Å². The molecule has 0 saturated carbocycles. The first-order valence-electron chi connectivity index (χ1n) is 6.63. The zero-order valence-corrected chi connectivity index (χ0v) is 12.1. The molecule has 1 amide bonds. The summed E-state index contributed by atoms with van der Waals surface area (Å²) >= 11 is 1.66. The summed E-state index contributed by atoms with van der Waals surface area (Å²) in [6.07, 6.45) is 3.62. The maximum atomic E-state index is 11.4. The van der Waals surface area contributed by atoms with Crippen LogP contribution in [0.2, 0.25) is 0 Å². The SMILES string of the molecule is Cc1nc(CN2CCC[C@@H]2c2[nH]ncc2C(N)=O)cs1. The Kier molecular flexibility index (Phi) is 3.54. The van der Waals surface area contributed by atoms with Crippen molar-refractivity contribution in [3.63, 3.8) is 0 Å². The lowest BCUT2D eigenvalue weighted by molar-refractivity contribution is 0.0997. The molecule has 0 aromatic carbocycles. The molecule has 0 bridgehead atoms. The largest absolute Gasteiger partial charge is 0.365 e. The number of hydrogen-bond acceptors (Lipinski definition) is 5. The number of aryl methyl sites for hydroxylation is 1. The van der Waals surface area contributed by atoms with Crippen LogP contribution in [0.25, 0.3) is 0 Å². The van der Waals surface area contributed by atoms with Gasteiger partial charge < -0.3 is 5.73 Å². The van der Waals surface area contributed by atoms with Crippen LogP contribution in [0.15, 0.2) is 11.6 Å². The van der Waals surface area contributed by atoms with Gasteiger partial charge in [-0.1, -0.05) is 0 Å². The van der Waals surface area contributed by atoms with Crippen LogP contribution >= 0.6 is 11.3 Å². The van der Waals surface area contributed by atoms with Gasteiger partial charge in [-0.2, -0.15) is 5.10 Å². The number of nitrogens with two attached hydrogens (primary N) is 1. The molecule has 1 aliphatic rings. The third kappa shape index (κ3) is 2.46. The summed E-state index contributed by atoms with van der Waals surface area (Å²) < 4.78 is 0. The summed E-state index contributed by atoms with van der Waals surface area (Å²) in [6, 6.07) is 0.169. The molecule has 2 aromatic heterocycles. The Morgan fingerprint density at radius 3 is 3.20 bits per heavy atom. The van der Waals surface area contributed by atoms with Crippen molar-refractivity contribution in [2.45, 2.75) is 32.4 Å². The van der Waals surface area contributed by atoms with Crippen molar-refractivity contribution in [1.82, 2.24) is 20.1 Å². The number of likely N-dealkylation sites (tertiary alicyclic amines) is 1. The zero-order valence-electron chi connectivity index (χ0n) is 11.3. The lowest BCUT2D eigenvalue weighted by atomic mass is 10.1. The van der Waals surface area contributed by atoms with Gasteiger partial charge in [0.15, 0.2) is 0 Å². The molecule has 1 atom stereocenters. The van der Waals surface area contributed by atoms with Crippen molar-refractivity contribution in [2.75, 3.05) is 6.54 Å². The van der Waals surface area contributed by atoms with E-state index in [4.69, 9.17) is 5.73 Å². The van der Waals surface area contributed by atoms with Crippen LogP contribution in [0.4, 0.5) is 0 Å². The van der Waals surface area contributed by atoms with Crippen LogP contribution in [0, 0.1) is 6.92 Å². The second kappa shape index (κ2) is 5.34. The lowest BCUT2D eigenvalue weighted by Gasteiger charge is -2.23. The van der Waals surface area contributed by atoms with Gasteiger partial charge in [0.05, 0.1) is 34.2 Å². The molecular formula is C13H17N5OS. The van der Waals surface area contributed by atoms with Gasteiger partial charge >= 0.3 is 0 Å². The van der Waals surface area contributed by atoms with Crippen LogP contribution in [-0.4, -0.2) is 32.5 Å². The van der Waals surface area contributed by atoms with Gasteiger partial charge in [0.2, 0.25) is 0 Å². The molecule has 0 spiro atoms. The number of carbonyl (C=O) groups excluding carboxylic acids is 1. The predicted octanol–water partition coefficient (Wildman–Crippen LogP) is 1.61. The summed E-state index contributed by atoms with van der Waals surface area (Å²) in [5.74, 6) is -0.426. The average Bonchev–Trinajstić information content (AvgIpc) is 3.09. The van der Waals surface area contributed by atoms with Crippen molar-refractivity contribution in [2.24, 2.45) is 5.73 Å². The smallest absolute Gasteiger partial charge is 0.252 e. The zero-order chi connectivity index (χ0) is 14.1. The van der Waals surface area contributed by atoms with Crippen molar-refractivity contribution >= 4 is 17.2 Å². The van der Waals surface area contributed by atoms with Gasteiger partial charge in [-0.3, -0.25) is 14.8 Å². The number of amides is 1. The summed E-state index contributed by atoms with van der Waals surface area (Å²) in [6.45, 7) is 3.81. The van der Waals surface area contributed by atoms with E-state index in [1.807, 2.05) is 6.92 Å². The highest BCUT2D eigenvalue weighted by molar-refractivity contribution is 7.09. The Hall–Kier alpha value is -1.73. The number of primary amides is 1. The first-order valence-corrected chi connectivity index (χ1v) is 7.51. The third-order valence-electron chi connectivity index (χ3n) is 3.66. The molecule has 3 rings (SSSR count). The Morgan fingerprint density at radius 1 is 1.65 bits per heavy atom. The second-order valence-corrected chi connectivity index (χ2v) is 6.11. The Labute approximate surface area is 121 Å². The highest BCUT2D eigenvalue weighted by atomic mass is 32.1. The van der Waals surface area contributed by atoms with Gasteiger partial charge in [-0.25, -0.2) is 4.98 Å². The molecular weight excluding hydrogens is 274 g/mol. The van der Waals surface area contributed by atoms with Crippen LogP contribution < -0.4 is 5.73 Å². The molecule has 1 saturated heterocycles. The minimum absolute atomic E-state index is 0.169. The molecule has 0 aliphatic carbocycles. The van der Waals surface area contributed by atoms with E-state index in [9.17, 15) is 4.79 Å². The molecule has 1 aliphatic heterocycles. The summed E-state index contributed by atoms with van der Waals surface area (Å²) in [7, 11) is 0. The van der Waals surface area contributed by atoms with E-state index >= 15 is 0 Å². The fraction of sp³-hybridized carbons (Fsp3) is 0.462. The minimum Gasteiger partial charge on any atom is -0.365 e. The van der Waals surface area contributed by atoms with E-state index in [0.717, 1.165) is 42.3 Å². The third-order valence-corrected chi connectivity index (χ3v) is 4.49. The molecule has 0 radical (unpaired) electrons. The summed E-state index contributed by atoms with van der Waals surface area (Å²) in [5.41, 5.74) is 7.81. The number of aromatic nitrogens is 3. The Bertz CT molecular complexity index is 620. The number of nitrogens with one attached hydrogen (secondary N) is 1. The van der Waals surface area contributed by atoms with Crippen molar-refractivity contribution in [1.29, 1.82) is 0 Å². The lowest BCUT2D eigenvalue weighted by Crippen LogP contribution is -2.25. The maximum absolute atomic E-state index is 11.4. The summed E-state index contributed by atoms with van der Waals surface area (Å²) in [4.78, 5) is 18.3. The van der Waals surface area contributed by atoms with Gasteiger partial charge in [0, 0.05) is 11.9 Å². The van der Waals surface area contributed by atoms with Crippen molar-refractivity contribution < 1.29 is 4.79 Å². The fourth-order valence-corrected chi connectivity index (χ4v) is 3.38. The number of carbonyl (C=O) groups is 1. The van der Waals surface area contributed by atoms with E-state index < -0.39 is 5.91 Å². The quantitative estimate of drug-likeness (QED) is 0.895. The van der Waals surface area contributed by atoms with Crippen molar-refractivity contribution in [3.05, 3.63) is 33.5 Å². The standard InChI is InChI=1S/C13H17N5OS/c1-8-16-9(7-20-8)6-18-4-2-3-11(18)12-10(13(14)19)5-15-17-12/h5,7,11H,2-4,6H2,1H3,(H2,14,19)(H,15,17)/t11-/m1/s1. The minimum atomic E-state index is -0.426. The average molecular weight is 291 g/mol. The number of nitrogens with zero attached hydrogens (tertiary/aromatic N) is 3. The van der Waals surface area contributed by atoms with E-state index in [-0.39, 0.29) is 6.04 Å². The maximum Gasteiger partial charge on any atom is 0.252 e. The Balaban J connectivity index is 1.81. The van der Waals surface area contributed by atoms with Crippen LogP contribution in [0.5, 0.6) is 0 Å². The van der Waals surface area contributed by atoms with E-state index in [0.29, 0.717) is 5.56 Å². The van der Waals surface area contributed by atoms with Crippen LogP contribution in [-0.2, 0) is 6.54 Å².